The highest BCUT2D eigenvalue weighted by molar-refractivity contribution is 7.80. The molecular weight excluding hydrogens is 292 g/mol. The molecular formula is C14H20N2O4S. The normalized spacial score (nSPS) is 11.0. The number of nitrogens with zero attached hydrogens (tertiary/aromatic N) is 1. The van der Waals surface area contributed by atoms with Crippen LogP contribution in [0.2, 0.25) is 0 Å². The van der Waals surface area contributed by atoms with Gasteiger partial charge in [0.25, 0.3) is 5.69 Å². The van der Waals surface area contributed by atoms with E-state index >= 15 is 0 Å². The van der Waals surface area contributed by atoms with E-state index in [0.717, 1.165) is 18.6 Å². The van der Waals surface area contributed by atoms with Crippen molar-refractivity contribution >= 4 is 24.4 Å². The average molecular weight is 312 g/mol. The lowest BCUT2D eigenvalue weighted by molar-refractivity contribution is -0.384. The molecule has 1 aromatic carbocycles. The summed E-state index contributed by atoms with van der Waals surface area (Å²) in [6.45, 7) is 3.92. The number of carbonyl (C=O) groups is 1. The van der Waals surface area contributed by atoms with Gasteiger partial charge in [-0.2, -0.15) is 12.6 Å². The van der Waals surface area contributed by atoms with Crippen LogP contribution in [-0.4, -0.2) is 22.3 Å². The molecule has 0 aliphatic carbocycles. The van der Waals surface area contributed by atoms with Gasteiger partial charge in [-0.15, -0.1) is 0 Å². The van der Waals surface area contributed by atoms with Gasteiger partial charge in [-0.1, -0.05) is 0 Å². The Kier molecular flexibility index (Phi) is 6.48. The highest BCUT2D eigenvalue weighted by atomic mass is 32.1. The first-order valence-corrected chi connectivity index (χ1v) is 7.26. The van der Waals surface area contributed by atoms with Crippen molar-refractivity contribution in [3.05, 3.63) is 39.9 Å². The Morgan fingerprint density at radius 1 is 1.38 bits per heavy atom. The van der Waals surface area contributed by atoms with E-state index in [1.807, 2.05) is 13.8 Å². The topological polar surface area (TPSA) is 81.5 Å². The number of carbonyl (C=O) groups excluding carboxylic acids is 1. The van der Waals surface area contributed by atoms with E-state index in [-0.39, 0.29) is 17.8 Å². The van der Waals surface area contributed by atoms with E-state index in [0.29, 0.717) is 5.56 Å². The maximum absolute atomic E-state index is 11.7. The number of ether oxygens (including phenoxy) is 1. The molecule has 0 spiro atoms. The van der Waals surface area contributed by atoms with Crippen molar-refractivity contribution in [1.82, 2.24) is 5.32 Å². The Labute approximate surface area is 129 Å². The summed E-state index contributed by atoms with van der Waals surface area (Å²) in [4.78, 5) is 21.8. The third-order valence-electron chi connectivity index (χ3n) is 2.92. The SMILES string of the molecule is CC(C)(CCCS)NC(=O)OCc1ccc([N+](=O)[O-])cc1. The Bertz CT molecular complexity index is 488. The summed E-state index contributed by atoms with van der Waals surface area (Å²) in [6.07, 6.45) is 1.21. The van der Waals surface area contributed by atoms with Gasteiger partial charge in [0.2, 0.25) is 0 Å². The van der Waals surface area contributed by atoms with Gasteiger partial charge in [-0.05, 0) is 50.1 Å². The number of nitrogens with one attached hydrogen (secondary N) is 1. The molecule has 0 saturated carbocycles. The van der Waals surface area contributed by atoms with E-state index in [1.54, 1.807) is 12.1 Å². The van der Waals surface area contributed by atoms with Gasteiger partial charge in [0, 0.05) is 17.7 Å². The number of nitro groups is 1. The van der Waals surface area contributed by atoms with E-state index in [1.165, 1.54) is 12.1 Å². The molecule has 0 aromatic heterocycles. The molecule has 0 radical (unpaired) electrons. The molecule has 1 N–H and O–H groups in total. The number of nitro benzene ring substituents is 1. The molecule has 0 bridgehead atoms. The van der Waals surface area contributed by atoms with Crippen molar-refractivity contribution in [3.63, 3.8) is 0 Å². The predicted octanol–water partition coefficient (Wildman–Crippen LogP) is 3.31. The van der Waals surface area contributed by atoms with Gasteiger partial charge in [0.15, 0.2) is 0 Å². The lowest BCUT2D eigenvalue weighted by atomic mass is 9.99. The second-order valence-electron chi connectivity index (χ2n) is 5.34. The molecule has 0 atom stereocenters. The van der Waals surface area contributed by atoms with Crippen LogP contribution in [0.5, 0.6) is 0 Å². The van der Waals surface area contributed by atoms with Crippen LogP contribution in [0.25, 0.3) is 0 Å². The van der Waals surface area contributed by atoms with E-state index < -0.39 is 11.0 Å². The summed E-state index contributed by atoms with van der Waals surface area (Å²) in [5.41, 5.74) is 0.356. The van der Waals surface area contributed by atoms with E-state index in [9.17, 15) is 14.9 Å². The monoisotopic (exact) mass is 312 g/mol. The number of hydrogen-bond donors (Lipinski definition) is 2. The molecule has 0 fully saturated rings. The number of hydrogen-bond acceptors (Lipinski definition) is 5. The molecule has 0 saturated heterocycles. The fourth-order valence-corrected chi connectivity index (χ4v) is 1.92. The van der Waals surface area contributed by atoms with Crippen LogP contribution in [0.15, 0.2) is 24.3 Å². The summed E-state index contributed by atoms with van der Waals surface area (Å²) >= 11 is 4.14. The highest BCUT2D eigenvalue weighted by Crippen LogP contribution is 2.14. The van der Waals surface area contributed by atoms with Crippen LogP contribution >= 0.6 is 12.6 Å². The first-order valence-electron chi connectivity index (χ1n) is 6.63. The molecule has 0 aliphatic heterocycles. The molecule has 0 heterocycles. The summed E-state index contributed by atoms with van der Waals surface area (Å²) in [6, 6.07) is 5.90. The minimum atomic E-state index is -0.502. The van der Waals surface area contributed by atoms with E-state index in [4.69, 9.17) is 4.74 Å². The zero-order valence-corrected chi connectivity index (χ0v) is 13.1. The second-order valence-corrected chi connectivity index (χ2v) is 5.78. The van der Waals surface area contributed by atoms with Crippen LogP contribution in [0, 0.1) is 10.1 Å². The molecule has 116 valence electrons. The van der Waals surface area contributed by atoms with Crippen molar-refractivity contribution in [1.29, 1.82) is 0 Å². The molecule has 1 aromatic rings. The lowest BCUT2D eigenvalue weighted by Gasteiger charge is -2.25. The Morgan fingerprint density at radius 2 is 2.00 bits per heavy atom. The van der Waals surface area contributed by atoms with Gasteiger partial charge < -0.3 is 10.1 Å². The standard InChI is InChI=1S/C14H20N2O4S/c1-14(2,8-3-9-21)15-13(17)20-10-11-4-6-12(7-5-11)16(18)19/h4-7,21H,3,8-10H2,1-2H3,(H,15,17). The van der Waals surface area contributed by atoms with Crippen molar-refractivity contribution in [2.45, 2.75) is 38.8 Å². The van der Waals surface area contributed by atoms with Crippen LogP contribution in [0.1, 0.15) is 32.3 Å². The zero-order valence-electron chi connectivity index (χ0n) is 12.2. The van der Waals surface area contributed by atoms with Crippen LogP contribution in [0.3, 0.4) is 0 Å². The lowest BCUT2D eigenvalue weighted by Crippen LogP contribution is -2.43. The molecule has 6 nitrogen and oxygen atoms in total. The highest BCUT2D eigenvalue weighted by Gasteiger charge is 2.20. The van der Waals surface area contributed by atoms with E-state index in [2.05, 4.69) is 17.9 Å². The maximum atomic E-state index is 11.7. The zero-order chi connectivity index (χ0) is 15.9. The first kappa shape index (κ1) is 17.3. The van der Waals surface area contributed by atoms with Gasteiger partial charge in [0.05, 0.1) is 4.92 Å². The second kappa shape index (κ2) is 7.87. The fourth-order valence-electron chi connectivity index (χ4n) is 1.76. The van der Waals surface area contributed by atoms with Gasteiger partial charge >= 0.3 is 6.09 Å². The summed E-state index contributed by atoms with van der Waals surface area (Å²) in [7, 11) is 0. The number of rotatable bonds is 7. The van der Waals surface area contributed by atoms with Crippen LogP contribution < -0.4 is 5.32 Å². The molecule has 1 rings (SSSR count). The number of benzene rings is 1. The van der Waals surface area contributed by atoms with Crippen molar-refractivity contribution in [3.8, 4) is 0 Å². The summed E-state index contributed by atoms with van der Waals surface area (Å²) < 4.78 is 5.11. The largest absolute Gasteiger partial charge is 0.445 e. The molecule has 7 heteroatoms. The van der Waals surface area contributed by atoms with Crippen molar-refractivity contribution < 1.29 is 14.5 Å². The maximum Gasteiger partial charge on any atom is 0.407 e. The molecule has 1 amide bonds. The summed E-state index contributed by atoms with van der Waals surface area (Å²) in [5.74, 6) is 0.767. The Morgan fingerprint density at radius 3 is 2.52 bits per heavy atom. The van der Waals surface area contributed by atoms with Crippen molar-refractivity contribution in [2.75, 3.05) is 5.75 Å². The van der Waals surface area contributed by atoms with Gasteiger partial charge in [-0.3, -0.25) is 10.1 Å². The molecule has 0 aliphatic rings. The number of amides is 1. The summed E-state index contributed by atoms with van der Waals surface area (Å²) in [5, 5.41) is 13.3. The van der Waals surface area contributed by atoms with Gasteiger partial charge in [0.1, 0.15) is 6.61 Å². The number of thiol groups is 1. The smallest absolute Gasteiger partial charge is 0.407 e. The minimum absolute atomic E-state index is 0.0103. The average Bonchev–Trinajstić information content (AvgIpc) is 2.43. The third kappa shape index (κ3) is 6.48. The third-order valence-corrected chi connectivity index (χ3v) is 3.23. The quantitative estimate of drug-likeness (QED) is 0.460. The minimum Gasteiger partial charge on any atom is -0.445 e. The van der Waals surface area contributed by atoms with Crippen LogP contribution in [0.4, 0.5) is 10.5 Å². The number of alkyl carbamates (subject to hydrolysis) is 1. The van der Waals surface area contributed by atoms with Crippen molar-refractivity contribution in [2.24, 2.45) is 0 Å². The Balaban J connectivity index is 2.44. The molecule has 0 unspecified atom stereocenters. The van der Waals surface area contributed by atoms with Crippen LogP contribution in [-0.2, 0) is 11.3 Å². The first-order chi connectivity index (χ1) is 9.84. The number of non-ortho nitro benzene ring substituents is 1. The Hall–Kier alpha value is -1.76. The fraction of sp³-hybridized carbons (Fsp3) is 0.500. The van der Waals surface area contributed by atoms with Gasteiger partial charge in [-0.25, -0.2) is 4.79 Å². The molecule has 21 heavy (non-hydrogen) atoms. The predicted molar refractivity (Wildman–Crippen MR) is 83.6 cm³/mol.